The van der Waals surface area contributed by atoms with E-state index in [1.807, 2.05) is 13.0 Å². The number of carbonyl (C=O) groups excluding carboxylic acids is 1. The van der Waals surface area contributed by atoms with Gasteiger partial charge in [-0.2, -0.15) is 0 Å². The predicted octanol–water partition coefficient (Wildman–Crippen LogP) is 8.11. The molecule has 0 amide bonds. The number of hydrogen-bond acceptors (Lipinski definition) is 6. The summed E-state index contributed by atoms with van der Waals surface area (Å²) in [5.41, 5.74) is 0.801. The molecule has 0 spiro atoms. The molecule has 2 saturated heterocycles. The van der Waals surface area contributed by atoms with E-state index in [0.717, 1.165) is 95.5 Å². The van der Waals surface area contributed by atoms with Crippen LogP contribution in [0.25, 0.3) is 0 Å². The maximum Gasteiger partial charge on any atom is 0.334 e. The first-order chi connectivity index (χ1) is 21.0. The van der Waals surface area contributed by atoms with E-state index >= 15 is 0 Å². The van der Waals surface area contributed by atoms with Crippen LogP contribution in [0.2, 0.25) is 0 Å². The summed E-state index contributed by atoms with van der Waals surface area (Å²) >= 11 is 0. The molecule has 2 fully saturated rings. The van der Waals surface area contributed by atoms with E-state index in [1.165, 1.54) is 57.8 Å². The lowest BCUT2D eigenvalue weighted by molar-refractivity contribution is -0.139. The lowest BCUT2D eigenvalue weighted by Crippen LogP contribution is -2.33. The number of carbonyl (C=O) groups is 1. The molecule has 0 unspecified atom stereocenters. The zero-order chi connectivity index (χ0) is 30.7. The fraction of sp³-hybridized carbons (Fsp3) is 0.865. The van der Waals surface area contributed by atoms with Crippen LogP contribution in [0.15, 0.2) is 11.6 Å². The molecule has 6 heteroatoms. The van der Waals surface area contributed by atoms with Crippen molar-refractivity contribution in [2.24, 2.45) is 0 Å². The quantitative estimate of drug-likeness (QED) is 0.0740. The summed E-state index contributed by atoms with van der Waals surface area (Å²) in [5, 5.41) is 21.4. The van der Waals surface area contributed by atoms with Gasteiger partial charge in [-0.25, -0.2) is 4.79 Å². The second-order valence-electron chi connectivity index (χ2n) is 13.3. The summed E-state index contributed by atoms with van der Waals surface area (Å²) in [5.74, 6) is 6.34. The molecule has 3 aliphatic rings. The average Bonchev–Trinajstić information content (AvgIpc) is 3.75. The number of rotatable bonds is 22. The van der Waals surface area contributed by atoms with Gasteiger partial charge < -0.3 is 24.4 Å². The minimum Gasteiger partial charge on any atom is -0.455 e. The fourth-order valence-corrected chi connectivity index (χ4v) is 6.81. The SMILES string of the molecule is CCCCCCCCCC[C@@H](O)[C@H]1CC[C@H]([C@H]2CC[C@H]([C@H](O)CCCCCCCC#CCCCC3=C[C@H](C)OC3=O)O2)O1. The number of cyclic esters (lactones) is 1. The Hall–Kier alpha value is -1.39. The zero-order valence-electron chi connectivity index (χ0n) is 27.4. The van der Waals surface area contributed by atoms with Gasteiger partial charge in [0.25, 0.3) is 0 Å². The molecule has 0 aliphatic carbocycles. The number of unbranched alkanes of at least 4 members (excludes halogenated alkanes) is 13. The Labute approximate surface area is 262 Å². The van der Waals surface area contributed by atoms with Crippen molar-refractivity contribution < 1.29 is 29.2 Å². The summed E-state index contributed by atoms with van der Waals surface area (Å²) < 4.78 is 17.7. The molecule has 3 heterocycles. The van der Waals surface area contributed by atoms with Crippen molar-refractivity contribution in [1.82, 2.24) is 0 Å². The molecule has 0 saturated carbocycles. The highest BCUT2D eigenvalue weighted by molar-refractivity contribution is 5.90. The molecule has 246 valence electrons. The minimum absolute atomic E-state index is 0.0564. The first-order valence-electron chi connectivity index (χ1n) is 18.0. The van der Waals surface area contributed by atoms with E-state index < -0.39 is 6.10 Å². The van der Waals surface area contributed by atoms with Crippen LogP contribution in [-0.4, -0.2) is 58.9 Å². The summed E-state index contributed by atoms with van der Waals surface area (Å²) in [7, 11) is 0. The lowest BCUT2D eigenvalue weighted by Gasteiger charge is -2.24. The summed E-state index contributed by atoms with van der Waals surface area (Å²) in [6, 6.07) is 0. The monoisotopic (exact) mass is 602 g/mol. The third kappa shape index (κ3) is 14.1. The van der Waals surface area contributed by atoms with Gasteiger partial charge in [0.1, 0.15) is 6.10 Å². The Bertz CT molecular complexity index is 859. The molecule has 3 aliphatic heterocycles. The van der Waals surface area contributed by atoms with E-state index in [9.17, 15) is 15.0 Å². The molecule has 0 aromatic rings. The third-order valence-corrected chi connectivity index (χ3v) is 9.46. The maximum absolute atomic E-state index is 11.6. The van der Waals surface area contributed by atoms with Gasteiger partial charge in [0, 0.05) is 18.4 Å². The summed E-state index contributed by atoms with van der Waals surface area (Å²) in [6.07, 6.45) is 25.7. The highest BCUT2D eigenvalue weighted by atomic mass is 16.6. The molecule has 0 bridgehead atoms. The van der Waals surface area contributed by atoms with Crippen LogP contribution in [0.1, 0.15) is 162 Å². The van der Waals surface area contributed by atoms with Gasteiger partial charge in [-0.3, -0.25) is 0 Å². The van der Waals surface area contributed by atoms with Gasteiger partial charge in [0.15, 0.2) is 0 Å². The van der Waals surface area contributed by atoms with Gasteiger partial charge in [-0.1, -0.05) is 84.0 Å². The first kappa shape index (κ1) is 36.1. The predicted molar refractivity (Wildman–Crippen MR) is 173 cm³/mol. The minimum atomic E-state index is -0.398. The Kier molecular flexibility index (Phi) is 17.9. The van der Waals surface area contributed by atoms with Crippen molar-refractivity contribution in [2.75, 3.05) is 0 Å². The van der Waals surface area contributed by atoms with E-state index in [-0.39, 0.29) is 42.6 Å². The van der Waals surface area contributed by atoms with Crippen molar-refractivity contribution in [2.45, 2.75) is 204 Å². The van der Waals surface area contributed by atoms with Crippen molar-refractivity contribution in [3.63, 3.8) is 0 Å². The average molecular weight is 603 g/mol. The maximum atomic E-state index is 11.6. The van der Waals surface area contributed by atoms with Crippen LogP contribution in [0.5, 0.6) is 0 Å². The van der Waals surface area contributed by atoms with Gasteiger partial charge in [-0.15, -0.1) is 11.8 Å². The first-order valence-corrected chi connectivity index (χ1v) is 18.0. The second kappa shape index (κ2) is 21.4. The van der Waals surface area contributed by atoms with Crippen LogP contribution < -0.4 is 0 Å². The lowest BCUT2D eigenvalue weighted by atomic mass is 10.0. The summed E-state index contributed by atoms with van der Waals surface area (Å²) in [4.78, 5) is 11.6. The normalized spacial score (nSPS) is 26.7. The van der Waals surface area contributed by atoms with E-state index in [1.54, 1.807) is 0 Å². The van der Waals surface area contributed by atoms with Gasteiger partial charge in [0.05, 0.1) is 36.6 Å². The topological polar surface area (TPSA) is 85.2 Å². The number of hydrogen-bond donors (Lipinski definition) is 2. The molecular formula is C37H62O6. The molecule has 0 aromatic heterocycles. The fourth-order valence-electron chi connectivity index (χ4n) is 6.81. The third-order valence-electron chi connectivity index (χ3n) is 9.46. The Morgan fingerprint density at radius 2 is 1.21 bits per heavy atom. The van der Waals surface area contributed by atoms with E-state index in [0.29, 0.717) is 0 Å². The largest absolute Gasteiger partial charge is 0.455 e. The summed E-state index contributed by atoms with van der Waals surface area (Å²) in [6.45, 7) is 4.14. The number of esters is 1. The van der Waals surface area contributed by atoms with Crippen LogP contribution in [-0.2, 0) is 19.0 Å². The second-order valence-corrected chi connectivity index (χ2v) is 13.3. The Morgan fingerprint density at radius 1 is 0.721 bits per heavy atom. The molecular weight excluding hydrogens is 540 g/mol. The number of aliphatic hydroxyl groups is 2. The van der Waals surface area contributed by atoms with Crippen LogP contribution >= 0.6 is 0 Å². The molecule has 2 N–H and O–H groups in total. The van der Waals surface area contributed by atoms with Crippen molar-refractivity contribution in [1.29, 1.82) is 0 Å². The van der Waals surface area contributed by atoms with E-state index in [4.69, 9.17) is 14.2 Å². The standard InChI is InChI=1S/C37H62O6/c1-3-4-5-6-7-13-16-19-22-31(38)33-24-26-35(42-33)36-27-25-34(43-36)32(39)23-20-17-14-11-9-8-10-12-15-18-21-30-28-29(2)41-37(30)40/h28-29,31-36,38-39H,3-9,11,13-27H2,1-2H3/t29-,31+,32+,33+,34+,35+,36+/m0/s1. The molecule has 7 atom stereocenters. The molecule has 0 aromatic carbocycles. The highest BCUT2D eigenvalue weighted by Crippen LogP contribution is 2.34. The molecule has 0 radical (unpaired) electrons. The molecule has 43 heavy (non-hydrogen) atoms. The smallest absolute Gasteiger partial charge is 0.334 e. The van der Waals surface area contributed by atoms with Gasteiger partial charge >= 0.3 is 5.97 Å². The molecule has 3 rings (SSSR count). The van der Waals surface area contributed by atoms with Crippen molar-refractivity contribution in [3.8, 4) is 11.8 Å². The molecule has 6 nitrogen and oxygen atoms in total. The Morgan fingerprint density at radius 3 is 1.72 bits per heavy atom. The van der Waals surface area contributed by atoms with Crippen LogP contribution in [0.3, 0.4) is 0 Å². The van der Waals surface area contributed by atoms with Crippen LogP contribution in [0, 0.1) is 11.8 Å². The Balaban J connectivity index is 1.14. The highest BCUT2D eigenvalue weighted by Gasteiger charge is 2.40. The van der Waals surface area contributed by atoms with Crippen LogP contribution in [0.4, 0.5) is 0 Å². The number of aliphatic hydroxyl groups excluding tert-OH is 2. The van der Waals surface area contributed by atoms with Crippen molar-refractivity contribution in [3.05, 3.63) is 11.6 Å². The number of ether oxygens (including phenoxy) is 3. The van der Waals surface area contributed by atoms with E-state index in [2.05, 4.69) is 18.8 Å². The van der Waals surface area contributed by atoms with Crippen molar-refractivity contribution >= 4 is 5.97 Å². The zero-order valence-corrected chi connectivity index (χ0v) is 27.4. The van der Waals surface area contributed by atoms with Gasteiger partial charge in [-0.05, 0) is 70.8 Å². The van der Waals surface area contributed by atoms with Gasteiger partial charge in [0.2, 0.25) is 0 Å².